The van der Waals surface area contributed by atoms with E-state index in [9.17, 15) is 4.79 Å². The van der Waals surface area contributed by atoms with E-state index in [1.807, 2.05) is 30.3 Å². The highest BCUT2D eigenvalue weighted by Gasteiger charge is 2.24. The molecule has 5 rings (SSSR count). The van der Waals surface area contributed by atoms with Crippen LogP contribution in [0.4, 0.5) is 0 Å². The van der Waals surface area contributed by atoms with Gasteiger partial charge in [0.1, 0.15) is 16.2 Å². The molecule has 0 N–H and O–H groups in total. The molecule has 0 saturated carbocycles. The molecule has 0 fully saturated rings. The number of thiophene rings is 1. The fraction of sp³-hybridized carbons (Fsp3) is 0.300. The lowest BCUT2D eigenvalue weighted by Crippen LogP contribution is -2.25. The van der Waals surface area contributed by atoms with Crippen LogP contribution >= 0.6 is 23.1 Å². The summed E-state index contributed by atoms with van der Waals surface area (Å²) in [6, 6.07) is 10.1. The van der Waals surface area contributed by atoms with Gasteiger partial charge < -0.3 is 0 Å². The lowest BCUT2D eigenvalue weighted by Gasteiger charge is -2.11. The molecule has 2 aliphatic rings. The molecule has 1 aliphatic heterocycles. The Hall–Kier alpha value is -2.25. The number of carbonyl (C=O) groups is 1. The van der Waals surface area contributed by atoms with Gasteiger partial charge in [-0.2, -0.15) is 5.10 Å². The van der Waals surface area contributed by atoms with Crippen molar-refractivity contribution in [2.24, 2.45) is 5.10 Å². The van der Waals surface area contributed by atoms with E-state index >= 15 is 0 Å². The van der Waals surface area contributed by atoms with Gasteiger partial charge in [0, 0.05) is 16.7 Å². The van der Waals surface area contributed by atoms with Gasteiger partial charge in [-0.15, -0.1) is 11.3 Å². The first-order valence-electron chi connectivity index (χ1n) is 9.11. The number of aromatic nitrogens is 2. The van der Waals surface area contributed by atoms with E-state index in [0.29, 0.717) is 12.3 Å². The summed E-state index contributed by atoms with van der Waals surface area (Å²) in [7, 11) is 0. The molecule has 3 heterocycles. The number of aryl methyl sites for hydroxylation is 2. The zero-order valence-electron chi connectivity index (χ0n) is 14.7. The van der Waals surface area contributed by atoms with Crippen LogP contribution in [0.2, 0.25) is 0 Å². The maximum Gasteiger partial charge on any atom is 0.253 e. The lowest BCUT2D eigenvalue weighted by molar-refractivity contribution is -0.127. The molecule has 0 saturated heterocycles. The van der Waals surface area contributed by atoms with Gasteiger partial charge in [0.15, 0.2) is 0 Å². The SMILES string of the molecule is O=C(CSc1ncnc2sc3c(c12)CCC3)N1CCC(c2ccccc2)=N1. The van der Waals surface area contributed by atoms with Crippen LogP contribution in [-0.4, -0.2) is 38.9 Å². The van der Waals surface area contributed by atoms with Crippen molar-refractivity contribution in [3.8, 4) is 0 Å². The van der Waals surface area contributed by atoms with E-state index < -0.39 is 0 Å². The number of carbonyl (C=O) groups excluding carboxylic acids is 1. The largest absolute Gasteiger partial charge is 0.272 e. The van der Waals surface area contributed by atoms with Crippen molar-refractivity contribution in [1.29, 1.82) is 0 Å². The third-order valence-electron chi connectivity index (χ3n) is 5.00. The van der Waals surface area contributed by atoms with E-state index in [2.05, 4.69) is 15.1 Å². The minimum absolute atomic E-state index is 0.0320. The first-order chi connectivity index (χ1) is 13.3. The summed E-state index contributed by atoms with van der Waals surface area (Å²) in [5.41, 5.74) is 3.47. The fourth-order valence-electron chi connectivity index (χ4n) is 3.68. The fourth-order valence-corrected chi connectivity index (χ4v) is 5.87. The van der Waals surface area contributed by atoms with Crippen LogP contribution in [0.25, 0.3) is 10.2 Å². The highest BCUT2D eigenvalue weighted by atomic mass is 32.2. The average Bonchev–Trinajstić information content (AvgIpc) is 3.42. The van der Waals surface area contributed by atoms with Gasteiger partial charge in [0.25, 0.3) is 5.91 Å². The third-order valence-corrected chi connectivity index (χ3v) is 7.17. The highest BCUT2D eigenvalue weighted by Crippen LogP contribution is 2.40. The maximum absolute atomic E-state index is 12.7. The van der Waals surface area contributed by atoms with Crippen LogP contribution in [0.1, 0.15) is 28.8 Å². The Kier molecular flexibility index (Phi) is 4.41. The zero-order valence-corrected chi connectivity index (χ0v) is 16.4. The number of nitrogens with zero attached hydrogens (tertiary/aromatic N) is 4. The number of hydrogen-bond acceptors (Lipinski definition) is 6. The lowest BCUT2D eigenvalue weighted by atomic mass is 10.1. The number of fused-ring (bicyclic) bond motifs is 3. The second-order valence-electron chi connectivity index (χ2n) is 6.68. The summed E-state index contributed by atoms with van der Waals surface area (Å²) in [4.78, 5) is 24.1. The summed E-state index contributed by atoms with van der Waals surface area (Å²) in [5, 5.41) is 8.24. The molecule has 136 valence electrons. The molecule has 5 nitrogen and oxygen atoms in total. The van der Waals surface area contributed by atoms with E-state index in [0.717, 1.165) is 40.4 Å². The van der Waals surface area contributed by atoms with Crippen LogP contribution in [0.3, 0.4) is 0 Å². The summed E-state index contributed by atoms with van der Waals surface area (Å²) in [5.74, 6) is 0.382. The molecule has 0 bridgehead atoms. The van der Waals surface area contributed by atoms with Gasteiger partial charge in [-0.05, 0) is 30.4 Å². The van der Waals surface area contributed by atoms with E-state index in [-0.39, 0.29) is 5.91 Å². The molecule has 1 amide bonds. The van der Waals surface area contributed by atoms with Crippen molar-refractivity contribution < 1.29 is 4.79 Å². The van der Waals surface area contributed by atoms with Crippen molar-refractivity contribution in [2.75, 3.05) is 12.3 Å². The van der Waals surface area contributed by atoms with E-state index in [1.165, 1.54) is 34.0 Å². The van der Waals surface area contributed by atoms with Gasteiger partial charge in [-0.1, -0.05) is 42.1 Å². The second-order valence-corrected chi connectivity index (χ2v) is 8.73. The Balaban J connectivity index is 1.32. The van der Waals surface area contributed by atoms with Crippen molar-refractivity contribution >= 4 is 44.9 Å². The van der Waals surface area contributed by atoms with Gasteiger partial charge in [0.2, 0.25) is 0 Å². The molecule has 7 heteroatoms. The summed E-state index contributed by atoms with van der Waals surface area (Å²) in [6.07, 6.45) is 5.86. The number of hydrazone groups is 1. The molecular formula is C20H18N4OS2. The molecule has 0 atom stereocenters. The normalized spacial score (nSPS) is 16.0. The van der Waals surface area contributed by atoms with Crippen LogP contribution in [0.5, 0.6) is 0 Å². The minimum atomic E-state index is 0.0320. The average molecular weight is 395 g/mol. The van der Waals surface area contributed by atoms with Crippen molar-refractivity contribution in [1.82, 2.24) is 15.0 Å². The zero-order chi connectivity index (χ0) is 18.2. The Morgan fingerprint density at radius 3 is 2.93 bits per heavy atom. The van der Waals surface area contributed by atoms with Crippen molar-refractivity contribution in [2.45, 2.75) is 30.7 Å². The quantitative estimate of drug-likeness (QED) is 0.497. The molecule has 2 aromatic heterocycles. The van der Waals surface area contributed by atoms with Gasteiger partial charge in [0.05, 0.1) is 18.0 Å². The molecule has 27 heavy (non-hydrogen) atoms. The monoisotopic (exact) mass is 394 g/mol. The van der Waals surface area contributed by atoms with E-state index in [4.69, 9.17) is 0 Å². The molecule has 0 unspecified atom stereocenters. The molecule has 1 aliphatic carbocycles. The van der Waals surface area contributed by atoms with Crippen molar-refractivity contribution in [3.63, 3.8) is 0 Å². The highest BCUT2D eigenvalue weighted by molar-refractivity contribution is 8.00. The topological polar surface area (TPSA) is 58.5 Å². The second kappa shape index (κ2) is 7.05. The Morgan fingerprint density at radius 1 is 1.15 bits per heavy atom. The maximum atomic E-state index is 12.7. The molecule has 3 aromatic rings. The van der Waals surface area contributed by atoms with Crippen molar-refractivity contribution in [3.05, 3.63) is 52.7 Å². The molecule has 0 radical (unpaired) electrons. The van der Waals surface area contributed by atoms with Crippen LogP contribution < -0.4 is 0 Å². The predicted molar refractivity (Wildman–Crippen MR) is 109 cm³/mol. The summed E-state index contributed by atoms with van der Waals surface area (Å²) in [6.45, 7) is 0.649. The van der Waals surface area contributed by atoms with Crippen LogP contribution in [-0.2, 0) is 17.6 Å². The first-order valence-corrected chi connectivity index (χ1v) is 10.9. The molecule has 1 aromatic carbocycles. The van der Waals surface area contributed by atoms with Gasteiger partial charge in [-0.25, -0.2) is 15.0 Å². The number of rotatable bonds is 4. The van der Waals surface area contributed by atoms with Crippen LogP contribution in [0, 0.1) is 0 Å². The first kappa shape index (κ1) is 16.9. The number of benzene rings is 1. The molecule has 0 spiro atoms. The Morgan fingerprint density at radius 2 is 2.04 bits per heavy atom. The third kappa shape index (κ3) is 3.15. The summed E-state index contributed by atoms with van der Waals surface area (Å²) >= 11 is 3.28. The smallest absolute Gasteiger partial charge is 0.253 e. The number of hydrogen-bond donors (Lipinski definition) is 0. The number of amides is 1. The molecular weight excluding hydrogens is 376 g/mol. The Bertz CT molecular complexity index is 1040. The van der Waals surface area contributed by atoms with Gasteiger partial charge in [-0.3, -0.25) is 4.79 Å². The number of thioether (sulfide) groups is 1. The Labute approximate surface area is 165 Å². The standard InChI is InChI=1S/C20H18N4OS2/c25-17(24-10-9-15(23-24)13-5-2-1-3-6-13)11-26-19-18-14-7-4-8-16(14)27-20(18)22-12-21-19/h1-3,5-6,12H,4,7-11H2. The minimum Gasteiger partial charge on any atom is -0.272 e. The summed E-state index contributed by atoms with van der Waals surface area (Å²) < 4.78 is 0. The van der Waals surface area contributed by atoms with Crippen LogP contribution in [0.15, 0.2) is 46.8 Å². The predicted octanol–water partition coefficient (Wildman–Crippen LogP) is 3.91. The van der Waals surface area contributed by atoms with Gasteiger partial charge >= 0.3 is 0 Å². The van der Waals surface area contributed by atoms with E-state index in [1.54, 1.807) is 22.7 Å².